The minimum absolute atomic E-state index is 0.00453. The number of carbonyl (C=O) groups is 1. The van der Waals surface area contributed by atoms with Crippen molar-refractivity contribution in [2.75, 3.05) is 4.90 Å². The van der Waals surface area contributed by atoms with Gasteiger partial charge in [-0.25, -0.2) is 0 Å². The molecule has 1 saturated heterocycles. The van der Waals surface area contributed by atoms with Crippen LogP contribution in [0.15, 0.2) is 36.5 Å². The van der Waals surface area contributed by atoms with E-state index in [2.05, 4.69) is 6.58 Å². The highest BCUT2D eigenvalue weighted by atomic mass is 16.6. The molecule has 1 fully saturated rings. The van der Waals surface area contributed by atoms with E-state index in [-0.39, 0.29) is 11.6 Å². The van der Waals surface area contributed by atoms with Gasteiger partial charge in [0.05, 0.1) is 4.92 Å². The first kappa shape index (κ1) is 11.3. The Morgan fingerprint density at radius 3 is 2.41 bits per heavy atom. The molecule has 2 rings (SSSR count). The number of benzene rings is 1. The van der Waals surface area contributed by atoms with Gasteiger partial charge >= 0.3 is 0 Å². The molecule has 1 aliphatic heterocycles. The Labute approximate surface area is 98.5 Å². The van der Waals surface area contributed by atoms with Crippen molar-refractivity contribution in [1.82, 2.24) is 0 Å². The van der Waals surface area contributed by atoms with Gasteiger partial charge < -0.3 is 0 Å². The van der Waals surface area contributed by atoms with Crippen molar-refractivity contribution in [2.24, 2.45) is 0 Å². The molecule has 1 aliphatic rings. The van der Waals surface area contributed by atoms with Gasteiger partial charge in [0.25, 0.3) is 5.69 Å². The molecule has 0 atom stereocenters. The van der Waals surface area contributed by atoms with Gasteiger partial charge in [0, 0.05) is 29.9 Å². The smallest absolute Gasteiger partial charge is 0.269 e. The maximum atomic E-state index is 11.8. The largest absolute Gasteiger partial charge is 0.285 e. The van der Waals surface area contributed by atoms with E-state index < -0.39 is 4.92 Å². The lowest BCUT2D eigenvalue weighted by molar-refractivity contribution is -0.384. The van der Waals surface area contributed by atoms with Crippen molar-refractivity contribution in [2.45, 2.75) is 19.3 Å². The molecule has 0 N–H and O–H groups in total. The van der Waals surface area contributed by atoms with Crippen LogP contribution in [-0.4, -0.2) is 10.8 Å². The summed E-state index contributed by atoms with van der Waals surface area (Å²) in [6.07, 6.45) is 2.10. The van der Waals surface area contributed by atoms with Gasteiger partial charge in [0.1, 0.15) is 0 Å². The second-order valence-corrected chi connectivity index (χ2v) is 3.92. The van der Waals surface area contributed by atoms with Crippen LogP contribution in [0.4, 0.5) is 11.4 Å². The Morgan fingerprint density at radius 2 is 1.88 bits per heavy atom. The lowest BCUT2D eigenvalue weighted by atomic mass is 10.1. The Bertz CT molecular complexity index is 463. The van der Waals surface area contributed by atoms with Gasteiger partial charge in [-0.2, -0.15) is 0 Å². The van der Waals surface area contributed by atoms with Crippen LogP contribution in [0.5, 0.6) is 0 Å². The Balaban J connectivity index is 2.29. The molecular weight excluding hydrogens is 220 g/mol. The van der Waals surface area contributed by atoms with Gasteiger partial charge in [-0.1, -0.05) is 6.58 Å². The third-order valence-electron chi connectivity index (χ3n) is 2.74. The van der Waals surface area contributed by atoms with Crippen LogP contribution in [0.1, 0.15) is 19.3 Å². The number of nitrogens with zero attached hydrogens (tertiary/aromatic N) is 2. The number of piperidine rings is 1. The highest BCUT2D eigenvalue weighted by Crippen LogP contribution is 2.28. The molecule has 1 amide bonds. The number of allylic oxidation sites excluding steroid dienone is 1. The van der Waals surface area contributed by atoms with Gasteiger partial charge in [-0.05, 0) is 25.0 Å². The minimum atomic E-state index is -0.462. The van der Waals surface area contributed by atoms with E-state index in [0.717, 1.165) is 18.5 Å². The number of rotatable bonds is 2. The van der Waals surface area contributed by atoms with E-state index in [0.29, 0.717) is 12.1 Å². The summed E-state index contributed by atoms with van der Waals surface area (Å²) < 4.78 is 0. The Kier molecular flexibility index (Phi) is 2.91. The van der Waals surface area contributed by atoms with Crippen LogP contribution in [0.3, 0.4) is 0 Å². The zero-order valence-corrected chi connectivity index (χ0v) is 9.26. The average Bonchev–Trinajstić information content (AvgIpc) is 2.29. The molecule has 1 aromatic carbocycles. The third-order valence-corrected chi connectivity index (χ3v) is 2.74. The summed E-state index contributed by atoms with van der Waals surface area (Å²) in [6.45, 7) is 3.85. The number of hydrogen-bond donors (Lipinski definition) is 0. The van der Waals surface area contributed by atoms with E-state index in [1.54, 1.807) is 12.1 Å². The van der Waals surface area contributed by atoms with Gasteiger partial charge in [-0.15, -0.1) is 0 Å². The predicted octanol–water partition coefficient (Wildman–Crippen LogP) is 2.63. The molecule has 1 heterocycles. The van der Waals surface area contributed by atoms with E-state index >= 15 is 0 Å². The molecule has 0 bridgehead atoms. The monoisotopic (exact) mass is 232 g/mol. The van der Waals surface area contributed by atoms with Crippen LogP contribution >= 0.6 is 0 Å². The molecule has 5 nitrogen and oxygen atoms in total. The fraction of sp³-hybridized carbons (Fsp3) is 0.250. The molecule has 0 radical (unpaired) electrons. The van der Waals surface area contributed by atoms with Gasteiger partial charge in [0.2, 0.25) is 5.91 Å². The summed E-state index contributed by atoms with van der Waals surface area (Å²) in [6, 6.07) is 5.94. The number of amides is 1. The zero-order valence-electron chi connectivity index (χ0n) is 9.26. The normalized spacial score (nSPS) is 16.1. The first-order chi connectivity index (χ1) is 8.09. The number of anilines is 1. The number of carbonyl (C=O) groups excluding carboxylic acids is 1. The lowest BCUT2D eigenvalue weighted by Crippen LogP contribution is -2.32. The van der Waals surface area contributed by atoms with Crippen LogP contribution in [0, 0.1) is 10.1 Å². The molecule has 0 aromatic heterocycles. The minimum Gasteiger partial charge on any atom is -0.285 e. The molecule has 0 spiro atoms. The second kappa shape index (κ2) is 4.37. The Morgan fingerprint density at radius 1 is 1.24 bits per heavy atom. The number of hydrogen-bond acceptors (Lipinski definition) is 3. The van der Waals surface area contributed by atoms with Crippen molar-refractivity contribution in [3.63, 3.8) is 0 Å². The average molecular weight is 232 g/mol. The van der Waals surface area contributed by atoms with Crippen LogP contribution in [-0.2, 0) is 4.79 Å². The summed E-state index contributed by atoms with van der Waals surface area (Å²) >= 11 is 0. The summed E-state index contributed by atoms with van der Waals surface area (Å²) in [4.78, 5) is 23.4. The third kappa shape index (κ3) is 2.18. The molecule has 5 heteroatoms. The number of nitro benzene ring substituents is 1. The highest BCUT2D eigenvalue weighted by molar-refractivity contribution is 5.97. The SMILES string of the molecule is C=C1CCCC(=O)N1c1ccc([N+](=O)[O-])cc1. The zero-order chi connectivity index (χ0) is 12.4. The van der Waals surface area contributed by atoms with E-state index in [1.807, 2.05) is 0 Å². The first-order valence-electron chi connectivity index (χ1n) is 5.35. The molecular formula is C12H12N2O3. The van der Waals surface area contributed by atoms with Crippen molar-refractivity contribution in [3.8, 4) is 0 Å². The molecule has 0 unspecified atom stereocenters. The van der Waals surface area contributed by atoms with E-state index in [1.165, 1.54) is 17.0 Å². The lowest BCUT2D eigenvalue weighted by Gasteiger charge is -2.28. The summed E-state index contributed by atoms with van der Waals surface area (Å²) in [7, 11) is 0. The van der Waals surface area contributed by atoms with Crippen molar-refractivity contribution in [1.29, 1.82) is 0 Å². The van der Waals surface area contributed by atoms with E-state index in [9.17, 15) is 14.9 Å². The Hall–Kier alpha value is -2.17. The van der Waals surface area contributed by atoms with Gasteiger partial charge in [0.15, 0.2) is 0 Å². The first-order valence-corrected chi connectivity index (χ1v) is 5.35. The summed E-state index contributed by atoms with van der Waals surface area (Å²) in [5.41, 5.74) is 1.41. The summed E-state index contributed by atoms with van der Waals surface area (Å²) in [5.74, 6) is -0.00453. The van der Waals surface area contributed by atoms with Crippen LogP contribution in [0.25, 0.3) is 0 Å². The standard InChI is InChI=1S/C12H12N2O3/c1-9-3-2-4-12(15)13(9)10-5-7-11(8-6-10)14(16)17/h5-8H,1-4H2. The maximum absolute atomic E-state index is 11.8. The molecule has 17 heavy (non-hydrogen) atoms. The molecule has 88 valence electrons. The fourth-order valence-electron chi connectivity index (χ4n) is 1.89. The fourth-order valence-corrected chi connectivity index (χ4v) is 1.89. The quantitative estimate of drug-likeness (QED) is 0.581. The second-order valence-electron chi connectivity index (χ2n) is 3.92. The number of non-ortho nitro benzene ring substituents is 1. The van der Waals surface area contributed by atoms with Crippen LogP contribution in [0.2, 0.25) is 0 Å². The van der Waals surface area contributed by atoms with Gasteiger partial charge in [-0.3, -0.25) is 19.8 Å². The summed E-state index contributed by atoms with van der Waals surface area (Å²) in [5, 5.41) is 10.5. The molecule has 1 aromatic rings. The van der Waals surface area contributed by atoms with Crippen molar-refractivity contribution >= 4 is 17.3 Å². The van der Waals surface area contributed by atoms with Crippen LogP contribution < -0.4 is 4.90 Å². The maximum Gasteiger partial charge on any atom is 0.269 e. The van der Waals surface area contributed by atoms with E-state index in [4.69, 9.17) is 0 Å². The molecule has 0 aliphatic carbocycles. The van der Waals surface area contributed by atoms with Crippen molar-refractivity contribution in [3.05, 3.63) is 46.7 Å². The predicted molar refractivity (Wildman–Crippen MR) is 63.6 cm³/mol. The molecule has 0 saturated carbocycles. The number of nitro groups is 1. The topological polar surface area (TPSA) is 63.5 Å². The highest BCUT2D eigenvalue weighted by Gasteiger charge is 2.23. The van der Waals surface area contributed by atoms with Crippen molar-refractivity contribution < 1.29 is 9.72 Å².